The number of hydrogen-bond acceptors (Lipinski definition) is 3. The quantitative estimate of drug-likeness (QED) is 0.760. The molecule has 0 radical (unpaired) electrons. The van der Waals surface area contributed by atoms with Crippen LogP contribution in [0.2, 0.25) is 0 Å². The molecule has 1 aromatic heterocycles. The van der Waals surface area contributed by atoms with E-state index in [1.807, 2.05) is 24.3 Å². The van der Waals surface area contributed by atoms with Gasteiger partial charge in [0.2, 0.25) is 0 Å². The van der Waals surface area contributed by atoms with Gasteiger partial charge in [0, 0.05) is 17.3 Å². The molecule has 0 fully saturated rings. The molecule has 3 aromatic rings. The summed E-state index contributed by atoms with van der Waals surface area (Å²) in [4.78, 5) is 15.4. The van der Waals surface area contributed by atoms with Gasteiger partial charge in [-0.2, -0.15) is 0 Å². The predicted molar refractivity (Wildman–Crippen MR) is 83.2 cm³/mol. The maximum Gasteiger partial charge on any atom is 0.335 e. The van der Waals surface area contributed by atoms with Crippen molar-refractivity contribution < 1.29 is 9.90 Å². The second-order valence-corrected chi connectivity index (χ2v) is 4.84. The topological polar surface area (TPSA) is 62.2 Å². The standard InChI is InChI=1S/C17H14N2O2/c1-11-4-2-7-15-14(11)8-9-18-16(15)19-13-6-3-5-12(10-13)17(20)21/h2-10H,1H3,(H,18,19)(H,20,21). The summed E-state index contributed by atoms with van der Waals surface area (Å²) < 4.78 is 0. The third-order valence-electron chi connectivity index (χ3n) is 3.40. The van der Waals surface area contributed by atoms with Gasteiger partial charge in [0.25, 0.3) is 0 Å². The lowest BCUT2D eigenvalue weighted by Crippen LogP contribution is -1.99. The van der Waals surface area contributed by atoms with Crippen LogP contribution in [0.25, 0.3) is 10.8 Å². The summed E-state index contributed by atoms with van der Waals surface area (Å²) in [5, 5.41) is 14.4. The predicted octanol–water partition coefficient (Wildman–Crippen LogP) is 3.99. The van der Waals surface area contributed by atoms with Crippen molar-refractivity contribution in [1.29, 1.82) is 0 Å². The minimum Gasteiger partial charge on any atom is -0.478 e. The fourth-order valence-electron chi connectivity index (χ4n) is 2.33. The van der Waals surface area contributed by atoms with Crippen LogP contribution in [0, 0.1) is 6.92 Å². The van der Waals surface area contributed by atoms with E-state index in [-0.39, 0.29) is 5.56 Å². The number of benzene rings is 2. The summed E-state index contributed by atoms with van der Waals surface area (Å²) >= 11 is 0. The minimum absolute atomic E-state index is 0.247. The number of rotatable bonds is 3. The van der Waals surface area contributed by atoms with Crippen LogP contribution in [0.15, 0.2) is 54.7 Å². The van der Waals surface area contributed by atoms with Gasteiger partial charge in [-0.1, -0.05) is 24.3 Å². The lowest BCUT2D eigenvalue weighted by molar-refractivity contribution is 0.0697. The first kappa shape index (κ1) is 13.1. The molecule has 0 spiro atoms. The highest BCUT2D eigenvalue weighted by Gasteiger charge is 2.06. The van der Waals surface area contributed by atoms with Crippen molar-refractivity contribution in [2.24, 2.45) is 0 Å². The summed E-state index contributed by atoms with van der Waals surface area (Å²) in [5.74, 6) is -0.223. The summed E-state index contributed by atoms with van der Waals surface area (Å²) in [7, 11) is 0. The van der Waals surface area contributed by atoms with Crippen LogP contribution < -0.4 is 5.32 Å². The Labute approximate surface area is 122 Å². The van der Waals surface area contributed by atoms with Gasteiger partial charge in [0.05, 0.1) is 5.56 Å². The average Bonchev–Trinajstić information content (AvgIpc) is 2.49. The largest absolute Gasteiger partial charge is 0.478 e. The number of carboxylic acid groups (broad SMARTS) is 1. The highest BCUT2D eigenvalue weighted by molar-refractivity contribution is 5.95. The van der Waals surface area contributed by atoms with Gasteiger partial charge in [-0.05, 0) is 42.1 Å². The zero-order chi connectivity index (χ0) is 14.8. The number of pyridine rings is 1. The summed E-state index contributed by atoms with van der Waals surface area (Å²) in [6.45, 7) is 2.05. The third-order valence-corrected chi connectivity index (χ3v) is 3.40. The second-order valence-electron chi connectivity index (χ2n) is 4.84. The molecule has 104 valence electrons. The van der Waals surface area contributed by atoms with Gasteiger partial charge >= 0.3 is 5.97 Å². The molecule has 0 bridgehead atoms. The molecule has 0 atom stereocenters. The van der Waals surface area contributed by atoms with E-state index in [1.54, 1.807) is 24.4 Å². The van der Waals surface area contributed by atoms with Crippen molar-refractivity contribution in [3.8, 4) is 0 Å². The zero-order valence-corrected chi connectivity index (χ0v) is 11.5. The molecule has 0 amide bonds. The van der Waals surface area contributed by atoms with E-state index in [0.717, 1.165) is 16.6 Å². The molecule has 2 N–H and O–H groups in total. The molecule has 4 nitrogen and oxygen atoms in total. The van der Waals surface area contributed by atoms with E-state index in [4.69, 9.17) is 5.11 Å². The zero-order valence-electron chi connectivity index (χ0n) is 11.5. The Balaban J connectivity index is 2.04. The number of nitrogens with zero attached hydrogens (tertiary/aromatic N) is 1. The van der Waals surface area contributed by atoms with Crippen LogP contribution in [0.3, 0.4) is 0 Å². The molecule has 0 aliphatic rings. The maximum absolute atomic E-state index is 11.0. The van der Waals surface area contributed by atoms with Crippen LogP contribution in [0.5, 0.6) is 0 Å². The Kier molecular flexibility index (Phi) is 3.28. The van der Waals surface area contributed by atoms with Crippen molar-refractivity contribution in [1.82, 2.24) is 4.98 Å². The normalized spacial score (nSPS) is 10.5. The molecule has 4 heteroatoms. The van der Waals surface area contributed by atoms with Crippen LogP contribution in [0.4, 0.5) is 11.5 Å². The Morgan fingerprint density at radius 3 is 2.71 bits per heavy atom. The van der Waals surface area contributed by atoms with Crippen molar-refractivity contribution in [2.75, 3.05) is 5.32 Å². The number of carbonyl (C=O) groups is 1. The average molecular weight is 278 g/mol. The number of aryl methyl sites for hydroxylation is 1. The van der Waals surface area contributed by atoms with E-state index in [1.165, 1.54) is 5.56 Å². The minimum atomic E-state index is -0.944. The molecule has 3 rings (SSSR count). The summed E-state index contributed by atoms with van der Waals surface area (Å²) in [6.07, 6.45) is 1.75. The lowest BCUT2D eigenvalue weighted by Gasteiger charge is -2.10. The Morgan fingerprint density at radius 2 is 1.90 bits per heavy atom. The highest BCUT2D eigenvalue weighted by Crippen LogP contribution is 2.26. The van der Waals surface area contributed by atoms with E-state index in [2.05, 4.69) is 23.3 Å². The van der Waals surface area contributed by atoms with Gasteiger partial charge in [-0.15, -0.1) is 0 Å². The highest BCUT2D eigenvalue weighted by atomic mass is 16.4. The Morgan fingerprint density at radius 1 is 1.10 bits per heavy atom. The number of hydrogen-bond donors (Lipinski definition) is 2. The molecule has 0 aliphatic carbocycles. The van der Waals surface area contributed by atoms with Gasteiger partial charge < -0.3 is 10.4 Å². The first-order valence-corrected chi connectivity index (χ1v) is 6.60. The van der Waals surface area contributed by atoms with Crippen molar-refractivity contribution >= 4 is 28.2 Å². The Bertz CT molecular complexity index is 828. The van der Waals surface area contributed by atoms with Crippen LogP contribution in [-0.2, 0) is 0 Å². The van der Waals surface area contributed by atoms with Gasteiger partial charge in [-0.25, -0.2) is 9.78 Å². The molecular formula is C17H14N2O2. The molecule has 0 saturated carbocycles. The molecule has 0 saturated heterocycles. The van der Waals surface area contributed by atoms with Gasteiger partial charge in [-0.3, -0.25) is 0 Å². The first-order chi connectivity index (χ1) is 10.1. The first-order valence-electron chi connectivity index (χ1n) is 6.60. The van der Waals surface area contributed by atoms with Crippen molar-refractivity contribution in [2.45, 2.75) is 6.92 Å². The number of aromatic carboxylic acids is 1. The molecule has 2 aromatic carbocycles. The molecule has 21 heavy (non-hydrogen) atoms. The smallest absolute Gasteiger partial charge is 0.335 e. The number of nitrogens with one attached hydrogen (secondary N) is 1. The molecule has 0 unspecified atom stereocenters. The fraction of sp³-hybridized carbons (Fsp3) is 0.0588. The van der Waals surface area contributed by atoms with E-state index >= 15 is 0 Å². The van der Waals surface area contributed by atoms with Crippen molar-refractivity contribution in [3.63, 3.8) is 0 Å². The van der Waals surface area contributed by atoms with Crippen LogP contribution in [0.1, 0.15) is 15.9 Å². The number of aromatic nitrogens is 1. The molecule has 1 heterocycles. The summed E-state index contributed by atoms with van der Waals surface area (Å²) in [5.41, 5.74) is 2.13. The Hall–Kier alpha value is -2.88. The molecule has 0 aliphatic heterocycles. The number of carboxylic acids is 1. The number of anilines is 2. The SMILES string of the molecule is Cc1cccc2c(Nc3cccc(C(=O)O)c3)nccc12. The van der Waals surface area contributed by atoms with Crippen LogP contribution >= 0.6 is 0 Å². The van der Waals surface area contributed by atoms with Crippen molar-refractivity contribution in [3.05, 3.63) is 65.9 Å². The fourth-order valence-corrected chi connectivity index (χ4v) is 2.33. The van der Waals surface area contributed by atoms with Gasteiger partial charge in [0.15, 0.2) is 0 Å². The third kappa shape index (κ3) is 2.56. The van der Waals surface area contributed by atoms with E-state index < -0.39 is 5.97 Å². The number of fused-ring (bicyclic) bond motifs is 1. The lowest BCUT2D eigenvalue weighted by atomic mass is 10.1. The van der Waals surface area contributed by atoms with E-state index in [9.17, 15) is 4.79 Å². The summed E-state index contributed by atoms with van der Waals surface area (Å²) in [6, 6.07) is 14.7. The second kappa shape index (κ2) is 5.25. The maximum atomic E-state index is 11.0. The van der Waals surface area contributed by atoms with Crippen LogP contribution in [-0.4, -0.2) is 16.1 Å². The van der Waals surface area contributed by atoms with E-state index in [0.29, 0.717) is 5.69 Å². The monoisotopic (exact) mass is 278 g/mol. The van der Waals surface area contributed by atoms with Gasteiger partial charge in [0.1, 0.15) is 5.82 Å². The molecular weight excluding hydrogens is 264 g/mol.